The van der Waals surface area contributed by atoms with Gasteiger partial charge in [-0.25, -0.2) is 0 Å². The fourth-order valence-corrected chi connectivity index (χ4v) is 6.35. The number of anilines is 1. The molecule has 0 bridgehead atoms. The van der Waals surface area contributed by atoms with Gasteiger partial charge in [0.05, 0.1) is 0 Å². The summed E-state index contributed by atoms with van der Waals surface area (Å²) >= 11 is 0. The largest absolute Gasteiger partial charge is 0.356 e. The van der Waals surface area contributed by atoms with Crippen LogP contribution in [0.25, 0.3) is 0 Å². The summed E-state index contributed by atoms with van der Waals surface area (Å²) in [6, 6.07) is 17.3. The number of benzene rings is 2. The van der Waals surface area contributed by atoms with Gasteiger partial charge in [-0.2, -0.15) is 0 Å². The molecule has 1 aliphatic rings. The summed E-state index contributed by atoms with van der Waals surface area (Å²) in [5.41, 5.74) is 7.34. The highest BCUT2D eigenvalue weighted by Gasteiger charge is 2.37. The lowest BCUT2D eigenvalue weighted by molar-refractivity contribution is -0.121. The maximum Gasteiger partial charge on any atom is 0.219 e. The number of rotatable bonds is 17. The third-order valence-electron chi connectivity index (χ3n) is 9.08. The zero-order valence-electron chi connectivity index (χ0n) is 28.6. The van der Waals surface area contributed by atoms with Crippen LogP contribution in [0.2, 0.25) is 0 Å². The number of fused-ring (bicyclic) bond motifs is 1. The van der Waals surface area contributed by atoms with Crippen LogP contribution in [0, 0.1) is 6.92 Å². The molecule has 0 atom stereocenters. The first-order chi connectivity index (χ1) is 21.1. The second kappa shape index (κ2) is 17.2. The van der Waals surface area contributed by atoms with Gasteiger partial charge >= 0.3 is 0 Å². The molecule has 0 aromatic heterocycles. The van der Waals surface area contributed by atoms with E-state index in [9.17, 15) is 4.79 Å². The van der Waals surface area contributed by atoms with Gasteiger partial charge in [0.2, 0.25) is 5.91 Å². The number of carbonyl (C=O) groups excluding carboxylic acids is 1. The van der Waals surface area contributed by atoms with Crippen LogP contribution >= 0.6 is 0 Å². The van der Waals surface area contributed by atoms with E-state index in [-0.39, 0.29) is 16.7 Å². The predicted octanol–water partition coefficient (Wildman–Crippen LogP) is 9.78. The molecule has 2 aromatic rings. The van der Waals surface area contributed by atoms with E-state index in [0.29, 0.717) is 6.42 Å². The zero-order valence-corrected chi connectivity index (χ0v) is 28.6. The van der Waals surface area contributed by atoms with Crippen LogP contribution in [-0.4, -0.2) is 31.8 Å². The summed E-state index contributed by atoms with van der Waals surface area (Å²) in [4.78, 5) is 19.6. The standard InChI is InChI=1S/C40H57N3O/c1-8-9-10-11-21-31-42-38(44)29-16-13-22-30-41-36(39(3,4)33-24-18-17-23-32(33)2)27-14-12-15-28-37-40(5,6)34-25-19-20-26-35(34)43(37)7/h12,14-15,17-20,23-28H,8-11,13,16,21-22,29-31H2,1-7H3,(H,42,44)/b15-12+,27-14+,37-28-,41-36+. The van der Waals surface area contributed by atoms with Crippen molar-refractivity contribution in [3.63, 3.8) is 0 Å². The third kappa shape index (κ3) is 9.55. The number of unbranched alkanes of at least 4 members (excludes halogenated alkanes) is 6. The van der Waals surface area contributed by atoms with E-state index in [4.69, 9.17) is 4.99 Å². The number of allylic oxidation sites excluding steroid dienone is 6. The number of nitrogens with zero attached hydrogens (tertiary/aromatic N) is 2. The number of para-hydroxylation sites is 1. The van der Waals surface area contributed by atoms with Crippen LogP contribution in [0.15, 0.2) is 89.6 Å². The summed E-state index contributed by atoms with van der Waals surface area (Å²) in [5, 5.41) is 3.09. The van der Waals surface area contributed by atoms with E-state index in [1.165, 1.54) is 53.8 Å². The average molecular weight is 596 g/mol. The Morgan fingerprint density at radius 3 is 2.36 bits per heavy atom. The highest BCUT2D eigenvalue weighted by atomic mass is 16.1. The first-order valence-electron chi connectivity index (χ1n) is 16.9. The van der Waals surface area contributed by atoms with Crippen molar-refractivity contribution < 1.29 is 4.79 Å². The molecule has 4 nitrogen and oxygen atoms in total. The molecule has 0 fully saturated rings. The fourth-order valence-electron chi connectivity index (χ4n) is 6.35. The topological polar surface area (TPSA) is 44.7 Å². The molecule has 238 valence electrons. The summed E-state index contributed by atoms with van der Waals surface area (Å²) in [7, 11) is 2.15. The van der Waals surface area contributed by atoms with E-state index in [1.807, 2.05) is 0 Å². The number of aryl methyl sites for hydroxylation is 1. The molecular formula is C40H57N3O. The molecule has 44 heavy (non-hydrogen) atoms. The molecule has 1 amide bonds. The lowest BCUT2D eigenvalue weighted by atomic mass is 9.77. The van der Waals surface area contributed by atoms with Crippen molar-refractivity contribution in [1.29, 1.82) is 0 Å². The first-order valence-corrected chi connectivity index (χ1v) is 16.9. The highest BCUT2D eigenvalue weighted by Crippen LogP contribution is 2.46. The van der Waals surface area contributed by atoms with Gasteiger partial charge in [0.1, 0.15) is 0 Å². The molecule has 2 aromatic carbocycles. The Kier molecular flexibility index (Phi) is 13.7. The molecule has 0 saturated carbocycles. The number of aliphatic imine (C=N–C) groups is 1. The summed E-state index contributed by atoms with van der Waals surface area (Å²) in [6.07, 6.45) is 20.4. The smallest absolute Gasteiger partial charge is 0.219 e. The van der Waals surface area contributed by atoms with Crippen molar-refractivity contribution in [3.8, 4) is 0 Å². The zero-order chi connectivity index (χ0) is 32.0. The molecule has 0 saturated heterocycles. The van der Waals surface area contributed by atoms with Gasteiger partial charge in [-0.15, -0.1) is 0 Å². The lowest BCUT2D eigenvalue weighted by Gasteiger charge is -2.28. The normalized spacial score (nSPS) is 15.9. The van der Waals surface area contributed by atoms with Crippen LogP contribution in [0.4, 0.5) is 5.69 Å². The molecule has 0 unspecified atom stereocenters. The molecule has 3 rings (SSSR count). The fraction of sp³-hybridized carbons (Fsp3) is 0.500. The van der Waals surface area contributed by atoms with Crippen molar-refractivity contribution in [2.45, 2.75) is 110 Å². The Morgan fingerprint density at radius 1 is 0.909 bits per heavy atom. The number of carbonyl (C=O) groups is 1. The molecule has 0 aliphatic carbocycles. The molecule has 0 spiro atoms. The van der Waals surface area contributed by atoms with Gasteiger partial charge in [0.15, 0.2) is 0 Å². The van der Waals surface area contributed by atoms with Gasteiger partial charge in [-0.3, -0.25) is 9.79 Å². The minimum Gasteiger partial charge on any atom is -0.356 e. The molecule has 4 heteroatoms. The number of likely N-dealkylation sites (N-methyl/N-ethyl adjacent to an activating group) is 1. The number of hydrogen-bond donors (Lipinski definition) is 1. The highest BCUT2D eigenvalue weighted by molar-refractivity contribution is 6.03. The van der Waals surface area contributed by atoms with Gasteiger partial charge in [-0.05, 0) is 61.1 Å². The first kappa shape index (κ1) is 35.1. The van der Waals surface area contributed by atoms with E-state index in [0.717, 1.165) is 44.5 Å². The van der Waals surface area contributed by atoms with Crippen LogP contribution < -0.4 is 10.2 Å². The summed E-state index contributed by atoms with van der Waals surface area (Å²) in [5.74, 6) is 0.186. The Labute approximate surface area is 268 Å². The summed E-state index contributed by atoms with van der Waals surface area (Å²) < 4.78 is 0. The van der Waals surface area contributed by atoms with Gasteiger partial charge in [-0.1, -0.05) is 127 Å². The van der Waals surface area contributed by atoms with E-state index >= 15 is 0 Å². The van der Waals surface area contributed by atoms with E-state index in [1.54, 1.807) is 0 Å². The Bertz CT molecular complexity index is 1330. The molecule has 0 radical (unpaired) electrons. The van der Waals surface area contributed by atoms with E-state index in [2.05, 4.69) is 138 Å². The van der Waals surface area contributed by atoms with Crippen molar-refractivity contribution >= 4 is 17.3 Å². The minimum absolute atomic E-state index is 0.0340. The van der Waals surface area contributed by atoms with Crippen molar-refractivity contribution in [2.24, 2.45) is 4.99 Å². The SMILES string of the molecule is CCCCCCCNC(=O)CCCCC\N=C(/C=C/C=C/C=C1\N(C)c2ccccc2C1(C)C)C(C)(C)c1ccccc1C. The monoisotopic (exact) mass is 595 g/mol. The number of nitrogens with one attached hydrogen (secondary N) is 1. The average Bonchev–Trinajstić information content (AvgIpc) is 3.19. The quantitative estimate of drug-likeness (QED) is 0.112. The van der Waals surface area contributed by atoms with Crippen molar-refractivity contribution in [3.05, 3.63) is 101 Å². The van der Waals surface area contributed by atoms with Crippen LogP contribution in [-0.2, 0) is 15.6 Å². The Balaban J connectivity index is 1.61. The van der Waals surface area contributed by atoms with E-state index < -0.39 is 0 Å². The second-order valence-electron chi connectivity index (χ2n) is 13.3. The third-order valence-corrected chi connectivity index (χ3v) is 9.08. The van der Waals surface area contributed by atoms with Crippen molar-refractivity contribution in [2.75, 3.05) is 25.0 Å². The van der Waals surface area contributed by atoms with Gasteiger partial charge < -0.3 is 10.2 Å². The molecule has 1 aliphatic heterocycles. The summed E-state index contributed by atoms with van der Waals surface area (Å²) in [6.45, 7) is 15.1. The number of hydrogen-bond acceptors (Lipinski definition) is 3. The lowest BCUT2D eigenvalue weighted by Crippen LogP contribution is -2.29. The molecule has 1 N–H and O–H groups in total. The Morgan fingerprint density at radius 2 is 1.61 bits per heavy atom. The molecule has 1 heterocycles. The predicted molar refractivity (Wildman–Crippen MR) is 191 cm³/mol. The maximum absolute atomic E-state index is 12.2. The Hall–Kier alpha value is -3.40. The van der Waals surface area contributed by atoms with Gasteiger partial charge in [0.25, 0.3) is 0 Å². The second-order valence-corrected chi connectivity index (χ2v) is 13.3. The van der Waals surface area contributed by atoms with Crippen molar-refractivity contribution in [1.82, 2.24) is 5.32 Å². The van der Waals surface area contributed by atoms with Gasteiger partial charge in [0, 0.05) is 54.5 Å². The minimum atomic E-state index is -0.222. The number of amides is 1. The van der Waals surface area contributed by atoms with Crippen LogP contribution in [0.5, 0.6) is 0 Å². The molecular weight excluding hydrogens is 538 g/mol. The maximum atomic E-state index is 12.2. The van der Waals surface area contributed by atoms with Crippen LogP contribution in [0.1, 0.15) is 109 Å². The van der Waals surface area contributed by atoms with Crippen LogP contribution in [0.3, 0.4) is 0 Å².